The Morgan fingerprint density at radius 1 is 1.10 bits per heavy atom. The van der Waals surface area contributed by atoms with Crippen LogP contribution in [0.15, 0.2) is 52.5 Å². The summed E-state index contributed by atoms with van der Waals surface area (Å²) in [6.07, 6.45) is 1.58. The van der Waals surface area contributed by atoms with Gasteiger partial charge in [0.05, 0.1) is 18.7 Å². The molecule has 0 radical (unpaired) electrons. The Labute approximate surface area is 179 Å². The maximum absolute atomic E-state index is 12.9. The first-order chi connectivity index (χ1) is 14.1. The fourth-order valence-electron chi connectivity index (χ4n) is 3.31. The molecule has 1 saturated heterocycles. The quantitative estimate of drug-likeness (QED) is 0.507. The average Bonchev–Trinajstić information content (AvgIpc) is 2.77. The van der Waals surface area contributed by atoms with Crippen molar-refractivity contribution in [3.05, 3.63) is 58.1 Å². The molecule has 7 heteroatoms. The fraction of sp³-hybridized carbons (Fsp3) is 0.273. The molecule has 1 aliphatic heterocycles. The van der Waals surface area contributed by atoms with E-state index in [4.69, 9.17) is 9.47 Å². The maximum Gasteiger partial charge on any atom is 0.264 e. The van der Waals surface area contributed by atoms with Crippen molar-refractivity contribution in [1.29, 1.82) is 5.26 Å². The largest absolute Gasteiger partial charge is 0.493 e. The van der Waals surface area contributed by atoms with Gasteiger partial charge in [-0.05, 0) is 51.8 Å². The van der Waals surface area contributed by atoms with Crippen molar-refractivity contribution < 1.29 is 14.3 Å². The number of benzene rings is 2. The third-order valence-electron chi connectivity index (χ3n) is 4.81. The van der Waals surface area contributed by atoms with Crippen molar-refractivity contribution in [2.75, 3.05) is 45.3 Å². The number of carbonyl (C=O) groups excluding carboxylic acids is 1. The van der Waals surface area contributed by atoms with E-state index in [9.17, 15) is 10.1 Å². The van der Waals surface area contributed by atoms with E-state index in [0.29, 0.717) is 34.6 Å². The predicted octanol–water partition coefficient (Wildman–Crippen LogP) is 3.72. The van der Waals surface area contributed by atoms with Gasteiger partial charge in [0.1, 0.15) is 11.6 Å². The van der Waals surface area contributed by atoms with Gasteiger partial charge in [0, 0.05) is 31.9 Å². The number of hydrogen-bond donors (Lipinski definition) is 0. The zero-order chi connectivity index (χ0) is 20.8. The monoisotopic (exact) mass is 455 g/mol. The van der Waals surface area contributed by atoms with E-state index >= 15 is 0 Å². The summed E-state index contributed by atoms with van der Waals surface area (Å²) in [6, 6.07) is 15.7. The van der Waals surface area contributed by atoms with Crippen LogP contribution < -0.4 is 14.4 Å². The smallest absolute Gasteiger partial charge is 0.264 e. The first kappa shape index (κ1) is 20.7. The van der Waals surface area contributed by atoms with Gasteiger partial charge >= 0.3 is 0 Å². The number of methoxy groups -OCH3 is 2. The van der Waals surface area contributed by atoms with E-state index in [1.165, 1.54) is 0 Å². The minimum absolute atomic E-state index is 0.0947. The number of para-hydroxylation sites is 1. The van der Waals surface area contributed by atoms with Crippen LogP contribution >= 0.6 is 15.9 Å². The van der Waals surface area contributed by atoms with Crippen molar-refractivity contribution in [1.82, 2.24) is 4.90 Å². The summed E-state index contributed by atoms with van der Waals surface area (Å²) in [6.45, 7) is 2.61. The van der Waals surface area contributed by atoms with Crippen molar-refractivity contribution in [2.45, 2.75) is 0 Å². The highest BCUT2D eigenvalue weighted by molar-refractivity contribution is 9.10. The second-order valence-corrected chi connectivity index (χ2v) is 7.38. The van der Waals surface area contributed by atoms with Gasteiger partial charge in [-0.2, -0.15) is 5.26 Å². The van der Waals surface area contributed by atoms with Gasteiger partial charge in [-0.3, -0.25) is 4.79 Å². The predicted molar refractivity (Wildman–Crippen MR) is 116 cm³/mol. The van der Waals surface area contributed by atoms with Crippen LogP contribution in [-0.4, -0.2) is 51.2 Å². The molecule has 6 nitrogen and oxygen atoms in total. The lowest BCUT2D eigenvalue weighted by Crippen LogP contribution is -2.49. The molecule has 3 rings (SSSR count). The van der Waals surface area contributed by atoms with Crippen LogP contribution in [0.2, 0.25) is 0 Å². The molecule has 0 spiro atoms. The van der Waals surface area contributed by atoms with Crippen LogP contribution in [0.3, 0.4) is 0 Å². The number of piperazine rings is 1. The molecule has 150 valence electrons. The zero-order valence-corrected chi connectivity index (χ0v) is 18.0. The Kier molecular flexibility index (Phi) is 6.78. The Morgan fingerprint density at radius 3 is 2.38 bits per heavy atom. The van der Waals surface area contributed by atoms with Gasteiger partial charge in [0.25, 0.3) is 5.91 Å². The lowest BCUT2D eigenvalue weighted by atomic mass is 10.1. The summed E-state index contributed by atoms with van der Waals surface area (Å²) < 4.78 is 11.3. The van der Waals surface area contributed by atoms with Crippen LogP contribution in [0.4, 0.5) is 5.69 Å². The standard InChI is InChI=1S/C22H22BrN3O3/c1-28-20-14-16(13-19(23)21(20)29-2)12-17(15-24)22(27)26-10-8-25(9-11-26)18-6-4-3-5-7-18/h3-7,12-14H,8-11H2,1-2H3/b17-12+. The third-order valence-corrected chi connectivity index (χ3v) is 5.40. The molecule has 0 bridgehead atoms. The van der Waals surface area contributed by atoms with E-state index < -0.39 is 0 Å². The summed E-state index contributed by atoms with van der Waals surface area (Å²) >= 11 is 3.44. The second-order valence-electron chi connectivity index (χ2n) is 6.52. The van der Waals surface area contributed by atoms with Gasteiger partial charge in [-0.1, -0.05) is 18.2 Å². The lowest BCUT2D eigenvalue weighted by molar-refractivity contribution is -0.126. The van der Waals surface area contributed by atoms with Crippen molar-refractivity contribution in [2.24, 2.45) is 0 Å². The number of amides is 1. The van der Waals surface area contributed by atoms with Gasteiger partial charge in [-0.15, -0.1) is 0 Å². The van der Waals surface area contributed by atoms with E-state index in [-0.39, 0.29) is 11.5 Å². The number of ether oxygens (including phenoxy) is 2. The third kappa shape index (κ3) is 4.72. The summed E-state index contributed by atoms with van der Waals surface area (Å²) in [5, 5.41) is 9.57. The van der Waals surface area contributed by atoms with Crippen molar-refractivity contribution in [3.63, 3.8) is 0 Å². The van der Waals surface area contributed by atoms with E-state index in [0.717, 1.165) is 18.8 Å². The molecular weight excluding hydrogens is 434 g/mol. The lowest BCUT2D eigenvalue weighted by Gasteiger charge is -2.36. The molecule has 0 unspecified atom stereocenters. The van der Waals surface area contributed by atoms with Crippen LogP contribution in [-0.2, 0) is 4.79 Å². The number of anilines is 1. The number of carbonyl (C=O) groups is 1. The molecular formula is C22H22BrN3O3. The zero-order valence-electron chi connectivity index (χ0n) is 16.4. The molecule has 0 atom stereocenters. The molecule has 1 heterocycles. The SMILES string of the molecule is COc1cc(/C=C(\C#N)C(=O)N2CCN(c3ccccc3)CC2)cc(Br)c1OC. The number of nitriles is 1. The normalized spacial score (nSPS) is 14.3. The van der Waals surface area contributed by atoms with Gasteiger partial charge < -0.3 is 19.3 Å². The molecule has 2 aromatic carbocycles. The second kappa shape index (κ2) is 9.48. The molecule has 0 saturated carbocycles. The molecule has 1 fully saturated rings. The highest BCUT2D eigenvalue weighted by Gasteiger charge is 2.24. The number of halogens is 1. The maximum atomic E-state index is 12.9. The Bertz CT molecular complexity index is 946. The number of hydrogen-bond acceptors (Lipinski definition) is 5. The van der Waals surface area contributed by atoms with Crippen LogP contribution in [0.5, 0.6) is 11.5 Å². The molecule has 1 amide bonds. The van der Waals surface area contributed by atoms with E-state index in [2.05, 4.69) is 33.0 Å². The van der Waals surface area contributed by atoms with Crippen LogP contribution in [0.25, 0.3) is 6.08 Å². The first-order valence-electron chi connectivity index (χ1n) is 9.20. The minimum Gasteiger partial charge on any atom is -0.493 e. The van der Waals surface area contributed by atoms with Crippen LogP contribution in [0, 0.1) is 11.3 Å². The van der Waals surface area contributed by atoms with E-state index in [1.54, 1.807) is 37.3 Å². The molecule has 2 aromatic rings. The highest BCUT2D eigenvalue weighted by atomic mass is 79.9. The minimum atomic E-state index is -0.258. The van der Waals surface area contributed by atoms with Gasteiger partial charge in [-0.25, -0.2) is 0 Å². The fourth-order valence-corrected chi connectivity index (χ4v) is 3.93. The van der Waals surface area contributed by atoms with Crippen molar-refractivity contribution in [3.8, 4) is 17.6 Å². The van der Waals surface area contributed by atoms with Crippen LogP contribution in [0.1, 0.15) is 5.56 Å². The number of nitrogens with zero attached hydrogens (tertiary/aromatic N) is 3. The molecule has 0 aliphatic carbocycles. The van der Waals surface area contributed by atoms with Gasteiger partial charge in [0.15, 0.2) is 11.5 Å². The molecule has 1 aliphatic rings. The topological polar surface area (TPSA) is 65.8 Å². The summed E-state index contributed by atoms with van der Waals surface area (Å²) in [5.41, 5.74) is 1.92. The molecule has 0 N–H and O–H groups in total. The molecule has 0 aromatic heterocycles. The summed E-state index contributed by atoms with van der Waals surface area (Å²) in [5.74, 6) is 0.826. The van der Waals surface area contributed by atoms with E-state index in [1.807, 2.05) is 24.3 Å². The average molecular weight is 456 g/mol. The summed E-state index contributed by atoms with van der Waals surface area (Å²) in [4.78, 5) is 16.9. The van der Waals surface area contributed by atoms with Crippen molar-refractivity contribution >= 4 is 33.6 Å². The Hall–Kier alpha value is -2.98. The first-order valence-corrected chi connectivity index (χ1v) is 9.99. The Balaban J connectivity index is 1.75. The highest BCUT2D eigenvalue weighted by Crippen LogP contribution is 2.36. The summed E-state index contributed by atoms with van der Waals surface area (Å²) in [7, 11) is 3.10. The number of rotatable bonds is 5. The van der Waals surface area contributed by atoms with Gasteiger partial charge in [0.2, 0.25) is 0 Å². The molecule has 29 heavy (non-hydrogen) atoms. The Morgan fingerprint density at radius 2 is 1.79 bits per heavy atom.